The molecule has 0 fully saturated rings. The summed E-state index contributed by atoms with van der Waals surface area (Å²) in [5.41, 5.74) is 3.59. The average molecular weight is 303 g/mol. The Kier molecular flexibility index (Phi) is 5.50. The predicted molar refractivity (Wildman–Crippen MR) is 85.9 cm³/mol. The van der Waals surface area contributed by atoms with Gasteiger partial charge in [0.15, 0.2) is 0 Å². The maximum Gasteiger partial charge on any atom is 0.146 e. The minimum Gasteiger partial charge on any atom is -0.412 e. The van der Waals surface area contributed by atoms with Gasteiger partial charge in [0.05, 0.1) is 11.2 Å². The van der Waals surface area contributed by atoms with Crippen LogP contribution in [0.5, 0.6) is 0 Å². The van der Waals surface area contributed by atoms with Crippen molar-refractivity contribution in [2.24, 2.45) is 0 Å². The van der Waals surface area contributed by atoms with Gasteiger partial charge in [0.2, 0.25) is 0 Å². The molecule has 0 bridgehead atoms. The summed E-state index contributed by atoms with van der Waals surface area (Å²) >= 11 is 0. The number of hydrogen-bond donors (Lipinski definition) is 1. The zero-order valence-corrected chi connectivity index (χ0v) is 12.3. The van der Waals surface area contributed by atoms with Gasteiger partial charge in [-0.15, -0.1) is 0 Å². The number of halogens is 1. The molecule has 5 nitrogen and oxygen atoms in total. The maximum absolute atomic E-state index is 13.7. The van der Waals surface area contributed by atoms with Crippen molar-refractivity contribution in [3.8, 4) is 0 Å². The van der Waals surface area contributed by atoms with Crippen LogP contribution in [0.2, 0.25) is 0 Å². The lowest BCUT2D eigenvalue weighted by Crippen LogP contribution is -1.98. The number of nitrogens with one attached hydrogen (secondary N) is 1. The van der Waals surface area contributed by atoms with Gasteiger partial charge in [0.1, 0.15) is 18.0 Å². The number of rotatable bonds is 2. The van der Waals surface area contributed by atoms with Gasteiger partial charge in [-0.2, -0.15) is 0 Å². The number of aromatic nitrogens is 2. The first-order valence-corrected chi connectivity index (χ1v) is 6.38. The fraction of sp³-hybridized carbons (Fsp3) is 0.125. The Morgan fingerprint density at radius 1 is 0.955 bits per heavy atom. The molecule has 0 aliphatic rings. The van der Waals surface area contributed by atoms with E-state index in [0.29, 0.717) is 11.5 Å². The topological polar surface area (TPSA) is 101 Å². The van der Waals surface area contributed by atoms with E-state index in [1.165, 1.54) is 18.0 Å². The molecule has 6 heteroatoms. The lowest BCUT2D eigenvalue weighted by molar-refractivity contribution is 0.632. The normalized spacial score (nSPS) is 9.77. The number of fused-ring (bicyclic) bond motifs is 1. The van der Waals surface area contributed by atoms with Crippen LogP contribution in [0.25, 0.3) is 10.9 Å². The molecule has 0 unspecified atom stereocenters. The van der Waals surface area contributed by atoms with Crippen LogP contribution in [0.4, 0.5) is 15.9 Å². The summed E-state index contributed by atoms with van der Waals surface area (Å²) in [6.07, 6.45) is 1.49. The van der Waals surface area contributed by atoms with Crippen LogP contribution in [0.3, 0.4) is 0 Å². The van der Waals surface area contributed by atoms with Crippen molar-refractivity contribution in [3.63, 3.8) is 0 Å². The average Bonchev–Trinajstić information content (AvgIpc) is 2.43. The second kappa shape index (κ2) is 6.93. The minimum atomic E-state index is -0.303. The molecule has 2 aromatic carbocycles. The monoisotopic (exact) mass is 303 g/mol. The molecule has 0 aliphatic heterocycles. The lowest BCUT2D eigenvalue weighted by Gasteiger charge is -2.10. The first-order chi connectivity index (χ1) is 9.65. The van der Waals surface area contributed by atoms with Gasteiger partial charge in [-0.3, -0.25) is 0 Å². The van der Waals surface area contributed by atoms with E-state index < -0.39 is 0 Å². The zero-order valence-electron chi connectivity index (χ0n) is 12.3. The fourth-order valence-electron chi connectivity index (χ4n) is 2.11. The van der Waals surface area contributed by atoms with E-state index in [-0.39, 0.29) is 16.8 Å². The van der Waals surface area contributed by atoms with Crippen molar-refractivity contribution in [3.05, 3.63) is 59.7 Å². The van der Waals surface area contributed by atoms with Gasteiger partial charge in [0, 0.05) is 5.39 Å². The van der Waals surface area contributed by atoms with E-state index in [1.54, 1.807) is 18.2 Å². The molecular formula is C16H18FN3O2. The number of para-hydroxylation sites is 1. The first-order valence-electron chi connectivity index (χ1n) is 6.38. The highest BCUT2D eigenvalue weighted by atomic mass is 19.1. The third-order valence-electron chi connectivity index (χ3n) is 3.38. The molecule has 116 valence electrons. The molecule has 0 saturated heterocycles. The van der Waals surface area contributed by atoms with Crippen molar-refractivity contribution in [1.82, 2.24) is 9.97 Å². The highest BCUT2D eigenvalue weighted by molar-refractivity contribution is 5.91. The summed E-state index contributed by atoms with van der Waals surface area (Å²) < 4.78 is 13.7. The summed E-state index contributed by atoms with van der Waals surface area (Å²) in [5.74, 6) is 0.311. The van der Waals surface area contributed by atoms with E-state index in [1.807, 2.05) is 26.0 Å². The molecule has 3 aromatic rings. The Labute approximate surface area is 127 Å². The second-order valence-electron chi connectivity index (χ2n) is 4.78. The van der Waals surface area contributed by atoms with Crippen LogP contribution in [0, 0.1) is 19.7 Å². The summed E-state index contributed by atoms with van der Waals surface area (Å²) in [4.78, 5) is 8.49. The molecule has 5 N–H and O–H groups in total. The standard InChI is InChI=1S/C16H14FN3.2H2O/c1-10-7-12-15(8-11(10)2)18-9-19-16(12)20-14-6-4-3-5-13(14)17;;/h3-9H,1-2H3,(H,18,19,20);2*1H2. The van der Waals surface area contributed by atoms with Gasteiger partial charge >= 0.3 is 0 Å². The van der Waals surface area contributed by atoms with Crippen molar-refractivity contribution in [1.29, 1.82) is 0 Å². The maximum atomic E-state index is 13.7. The van der Waals surface area contributed by atoms with Crippen molar-refractivity contribution < 1.29 is 15.3 Å². The number of anilines is 2. The molecule has 3 rings (SSSR count). The number of aryl methyl sites for hydroxylation is 2. The van der Waals surface area contributed by atoms with E-state index in [9.17, 15) is 4.39 Å². The van der Waals surface area contributed by atoms with Gasteiger partial charge in [-0.05, 0) is 49.2 Å². The molecule has 0 atom stereocenters. The first kappa shape index (κ1) is 17.5. The largest absolute Gasteiger partial charge is 0.412 e. The second-order valence-corrected chi connectivity index (χ2v) is 4.78. The third-order valence-corrected chi connectivity index (χ3v) is 3.38. The summed E-state index contributed by atoms with van der Waals surface area (Å²) in [6.45, 7) is 4.08. The lowest BCUT2D eigenvalue weighted by atomic mass is 10.1. The van der Waals surface area contributed by atoms with Gasteiger partial charge < -0.3 is 16.3 Å². The number of benzene rings is 2. The van der Waals surface area contributed by atoms with Gasteiger partial charge in [-0.25, -0.2) is 14.4 Å². The van der Waals surface area contributed by atoms with Crippen LogP contribution < -0.4 is 5.32 Å². The Hall–Kier alpha value is -2.57. The molecule has 0 amide bonds. The van der Waals surface area contributed by atoms with Crippen molar-refractivity contribution >= 4 is 22.4 Å². The van der Waals surface area contributed by atoms with Gasteiger partial charge in [-0.1, -0.05) is 12.1 Å². The smallest absolute Gasteiger partial charge is 0.146 e. The van der Waals surface area contributed by atoms with Crippen LogP contribution in [0.1, 0.15) is 11.1 Å². The molecule has 22 heavy (non-hydrogen) atoms. The summed E-state index contributed by atoms with van der Waals surface area (Å²) in [5, 5.41) is 3.92. The van der Waals surface area contributed by atoms with E-state index in [0.717, 1.165) is 16.5 Å². The van der Waals surface area contributed by atoms with Crippen LogP contribution in [-0.2, 0) is 0 Å². The molecule has 0 aliphatic carbocycles. The Bertz CT molecular complexity index is 793. The van der Waals surface area contributed by atoms with Crippen molar-refractivity contribution in [2.45, 2.75) is 13.8 Å². The van der Waals surface area contributed by atoms with Crippen molar-refractivity contribution in [2.75, 3.05) is 5.32 Å². The number of nitrogens with zero attached hydrogens (tertiary/aromatic N) is 2. The fourth-order valence-corrected chi connectivity index (χ4v) is 2.11. The van der Waals surface area contributed by atoms with Crippen LogP contribution in [-0.4, -0.2) is 20.9 Å². The van der Waals surface area contributed by atoms with Crippen LogP contribution >= 0.6 is 0 Å². The number of hydrogen-bond acceptors (Lipinski definition) is 3. The van der Waals surface area contributed by atoms with E-state index in [4.69, 9.17) is 0 Å². The highest BCUT2D eigenvalue weighted by Crippen LogP contribution is 2.26. The zero-order chi connectivity index (χ0) is 14.1. The molecule has 1 heterocycles. The quantitative estimate of drug-likeness (QED) is 0.786. The Morgan fingerprint density at radius 2 is 1.64 bits per heavy atom. The highest BCUT2D eigenvalue weighted by Gasteiger charge is 2.08. The Morgan fingerprint density at radius 3 is 2.36 bits per heavy atom. The molecular weight excluding hydrogens is 285 g/mol. The minimum absolute atomic E-state index is 0. The van der Waals surface area contributed by atoms with Crippen LogP contribution in [0.15, 0.2) is 42.7 Å². The SMILES string of the molecule is Cc1cc2ncnc(Nc3ccccc3F)c2cc1C.O.O. The third kappa shape index (κ3) is 3.19. The molecule has 0 spiro atoms. The Balaban J connectivity index is 0.00000121. The molecule has 1 aromatic heterocycles. The summed E-state index contributed by atoms with van der Waals surface area (Å²) in [7, 11) is 0. The van der Waals surface area contributed by atoms with E-state index in [2.05, 4.69) is 15.3 Å². The molecule has 0 radical (unpaired) electrons. The summed E-state index contributed by atoms with van der Waals surface area (Å²) in [6, 6.07) is 10.6. The molecule has 0 saturated carbocycles. The van der Waals surface area contributed by atoms with Gasteiger partial charge in [0.25, 0.3) is 0 Å². The predicted octanol–water partition coefficient (Wildman–Crippen LogP) is 2.48. The van der Waals surface area contributed by atoms with E-state index >= 15 is 0 Å².